The van der Waals surface area contributed by atoms with Crippen LogP contribution in [0.15, 0.2) is 53.4 Å². The Bertz CT molecular complexity index is 927. The van der Waals surface area contributed by atoms with Crippen LogP contribution < -0.4 is 5.32 Å². The van der Waals surface area contributed by atoms with E-state index in [1.165, 1.54) is 36.2 Å². The molecule has 1 aliphatic rings. The van der Waals surface area contributed by atoms with Crippen molar-refractivity contribution in [2.24, 2.45) is 11.8 Å². The molecule has 1 heterocycles. The maximum Gasteiger partial charge on any atom is 0.251 e. The molecule has 0 aromatic heterocycles. The molecule has 6 heteroatoms. The molecule has 2 aromatic carbocycles. The van der Waals surface area contributed by atoms with Crippen molar-refractivity contribution in [1.82, 2.24) is 10.2 Å². The Morgan fingerprint density at radius 1 is 0.966 bits per heavy atom. The molecule has 1 amide bonds. The van der Waals surface area contributed by atoms with E-state index in [9.17, 15) is 13.2 Å². The van der Waals surface area contributed by atoms with Crippen LogP contribution in [0.3, 0.4) is 0 Å². The van der Waals surface area contributed by atoms with Crippen LogP contribution in [0.2, 0.25) is 0 Å². The van der Waals surface area contributed by atoms with Crippen LogP contribution in [0.25, 0.3) is 0 Å². The maximum absolute atomic E-state index is 12.3. The molecule has 3 rings (SSSR count). The van der Waals surface area contributed by atoms with E-state index in [1.54, 1.807) is 0 Å². The third-order valence-electron chi connectivity index (χ3n) is 5.37. The summed E-state index contributed by atoms with van der Waals surface area (Å²) in [5.41, 5.74) is 2.77. The summed E-state index contributed by atoms with van der Waals surface area (Å²) in [6, 6.07) is 14.4. The van der Waals surface area contributed by atoms with Gasteiger partial charge in [-0.2, -0.15) is 0 Å². The highest BCUT2D eigenvalue weighted by Crippen LogP contribution is 2.22. The highest BCUT2D eigenvalue weighted by molar-refractivity contribution is 7.90. The van der Waals surface area contributed by atoms with Crippen molar-refractivity contribution in [3.63, 3.8) is 0 Å². The second kappa shape index (κ2) is 9.09. The maximum atomic E-state index is 12.3. The number of hydrogen-bond acceptors (Lipinski definition) is 4. The first-order valence-corrected chi connectivity index (χ1v) is 12.0. The molecule has 5 nitrogen and oxygen atoms in total. The number of likely N-dealkylation sites (tertiary alicyclic amines) is 1. The Labute approximate surface area is 174 Å². The Morgan fingerprint density at radius 2 is 1.52 bits per heavy atom. The highest BCUT2D eigenvalue weighted by Gasteiger charge is 2.21. The average molecular weight is 415 g/mol. The largest absolute Gasteiger partial charge is 0.348 e. The summed E-state index contributed by atoms with van der Waals surface area (Å²) in [6.45, 7) is 8.35. The summed E-state index contributed by atoms with van der Waals surface area (Å²) in [7, 11) is -3.26. The number of carbonyl (C=O) groups excluding carboxylic acids is 1. The number of nitrogens with zero attached hydrogens (tertiary/aromatic N) is 1. The van der Waals surface area contributed by atoms with Gasteiger partial charge in [-0.15, -0.1) is 0 Å². The van der Waals surface area contributed by atoms with Crippen LogP contribution in [0, 0.1) is 11.8 Å². The fraction of sp³-hybridized carbons (Fsp3) is 0.435. The van der Waals surface area contributed by atoms with E-state index in [-0.39, 0.29) is 10.8 Å². The van der Waals surface area contributed by atoms with Gasteiger partial charge in [0.05, 0.1) is 4.90 Å². The van der Waals surface area contributed by atoms with Gasteiger partial charge in [-0.25, -0.2) is 8.42 Å². The molecule has 1 aliphatic heterocycles. The van der Waals surface area contributed by atoms with Crippen LogP contribution in [-0.2, 0) is 22.9 Å². The average Bonchev–Trinajstić information content (AvgIpc) is 2.66. The smallest absolute Gasteiger partial charge is 0.251 e. The predicted molar refractivity (Wildman–Crippen MR) is 115 cm³/mol. The quantitative estimate of drug-likeness (QED) is 0.786. The number of benzene rings is 2. The first-order chi connectivity index (χ1) is 13.7. The molecule has 29 heavy (non-hydrogen) atoms. The normalized spacial score (nSPS) is 20.4. The molecule has 2 atom stereocenters. The molecule has 0 bridgehead atoms. The Hall–Kier alpha value is -2.18. The van der Waals surface area contributed by atoms with Crippen molar-refractivity contribution in [1.29, 1.82) is 0 Å². The van der Waals surface area contributed by atoms with E-state index >= 15 is 0 Å². The van der Waals surface area contributed by atoms with Gasteiger partial charge in [0, 0.05) is 38.0 Å². The Balaban J connectivity index is 1.52. The zero-order valence-corrected chi connectivity index (χ0v) is 18.2. The van der Waals surface area contributed by atoms with Gasteiger partial charge in [-0.1, -0.05) is 38.1 Å². The van der Waals surface area contributed by atoms with Crippen LogP contribution in [0.1, 0.15) is 41.8 Å². The fourth-order valence-electron chi connectivity index (χ4n) is 4.08. The van der Waals surface area contributed by atoms with Gasteiger partial charge in [-0.3, -0.25) is 9.69 Å². The molecule has 156 valence electrons. The lowest BCUT2D eigenvalue weighted by atomic mass is 9.91. The molecule has 0 aliphatic carbocycles. The van der Waals surface area contributed by atoms with Crippen molar-refractivity contribution in [3.05, 3.63) is 65.2 Å². The molecule has 0 unspecified atom stereocenters. The van der Waals surface area contributed by atoms with Gasteiger partial charge in [0.15, 0.2) is 9.84 Å². The second-order valence-corrected chi connectivity index (χ2v) is 10.5. The van der Waals surface area contributed by atoms with E-state index in [4.69, 9.17) is 0 Å². The molecule has 1 saturated heterocycles. The van der Waals surface area contributed by atoms with Crippen LogP contribution >= 0.6 is 0 Å². The van der Waals surface area contributed by atoms with E-state index in [0.29, 0.717) is 12.1 Å². The van der Waals surface area contributed by atoms with Crippen molar-refractivity contribution in [3.8, 4) is 0 Å². The van der Waals surface area contributed by atoms with E-state index < -0.39 is 9.84 Å². The fourth-order valence-corrected chi connectivity index (χ4v) is 4.71. The molecule has 0 saturated carbocycles. The van der Waals surface area contributed by atoms with Gasteiger partial charge >= 0.3 is 0 Å². The van der Waals surface area contributed by atoms with E-state index in [0.717, 1.165) is 43.3 Å². The molecule has 0 spiro atoms. The SMILES string of the molecule is C[C@H]1C[C@H](C)CN(Cc2ccc(CNC(=O)c3ccc(S(C)(=O)=O)cc3)cc2)C1. The third kappa shape index (κ3) is 6.15. The van der Waals surface area contributed by atoms with Gasteiger partial charge in [0.25, 0.3) is 5.91 Å². The molecular weight excluding hydrogens is 384 g/mol. The van der Waals surface area contributed by atoms with Gasteiger partial charge in [0.2, 0.25) is 0 Å². The first-order valence-electron chi connectivity index (χ1n) is 10.1. The second-order valence-electron chi connectivity index (χ2n) is 8.44. The topological polar surface area (TPSA) is 66.5 Å². The third-order valence-corrected chi connectivity index (χ3v) is 6.50. The van der Waals surface area contributed by atoms with Gasteiger partial charge < -0.3 is 5.32 Å². The lowest BCUT2D eigenvalue weighted by Crippen LogP contribution is -2.38. The summed E-state index contributed by atoms with van der Waals surface area (Å²) >= 11 is 0. The molecule has 1 N–H and O–H groups in total. The van der Waals surface area contributed by atoms with Crippen molar-refractivity contribution in [2.45, 2.75) is 38.3 Å². The summed E-state index contributed by atoms with van der Waals surface area (Å²) in [5, 5.41) is 2.89. The number of sulfone groups is 1. The number of amides is 1. The number of nitrogens with one attached hydrogen (secondary N) is 1. The van der Waals surface area contributed by atoms with Crippen LogP contribution in [-0.4, -0.2) is 38.6 Å². The first kappa shape index (κ1) is 21.5. The Kier molecular flexibility index (Phi) is 6.75. The van der Waals surface area contributed by atoms with Crippen molar-refractivity contribution < 1.29 is 13.2 Å². The summed E-state index contributed by atoms with van der Waals surface area (Å²) in [5.74, 6) is 1.28. The molecule has 1 fully saturated rings. The standard InChI is InChI=1S/C23H30N2O3S/c1-17-12-18(2)15-25(14-17)16-20-6-4-19(5-7-20)13-24-23(26)21-8-10-22(11-9-21)29(3,27)28/h4-11,17-18H,12-16H2,1-3H3,(H,24,26)/t17-,18-/m0/s1. The predicted octanol–water partition coefficient (Wildman–Crippen LogP) is 3.50. The van der Waals surface area contributed by atoms with E-state index in [2.05, 4.69) is 48.3 Å². The van der Waals surface area contributed by atoms with Gasteiger partial charge in [-0.05, 0) is 53.6 Å². The summed E-state index contributed by atoms with van der Waals surface area (Å²) in [6.07, 6.45) is 2.46. The monoisotopic (exact) mass is 414 g/mol. The number of hydrogen-bond donors (Lipinski definition) is 1. The number of carbonyl (C=O) groups is 1. The molecule has 2 aromatic rings. The lowest BCUT2D eigenvalue weighted by molar-refractivity contribution is 0.0951. The minimum atomic E-state index is -3.26. The zero-order valence-electron chi connectivity index (χ0n) is 17.4. The van der Waals surface area contributed by atoms with Crippen molar-refractivity contribution in [2.75, 3.05) is 19.3 Å². The minimum Gasteiger partial charge on any atom is -0.348 e. The van der Waals surface area contributed by atoms with Crippen LogP contribution in [0.5, 0.6) is 0 Å². The lowest BCUT2D eigenvalue weighted by Gasteiger charge is -2.35. The highest BCUT2D eigenvalue weighted by atomic mass is 32.2. The number of piperidine rings is 1. The minimum absolute atomic E-state index is 0.210. The summed E-state index contributed by atoms with van der Waals surface area (Å²) in [4.78, 5) is 15.0. The van der Waals surface area contributed by atoms with Crippen molar-refractivity contribution >= 4 is 15.7 Å². The van der Waals surface area contributed by atoms with Crippen LogP contribution in [0.4, 0.5) is 0 Å². The zero-order chi connectivity index (χ0) is 21.0. The molecule has 0 radical (unpaired) electrons. The Morgan fingerprint density at radius 3 is 2.07 bits per heavy atom. The van der Waals surface area contributed by atoms with E-state index in [1.807, 2.05) is 0 Å². The number of rotatable bonds is 6. The molecular formula is C23H30N2O3S. The summed E-state index contributed by atoms with van der Waals surface area (Å²) < 4.78 is 23.0. The van der Waals surface area contributed by atoms with Gasteiger partial charge in [0.1, 0.15) is 0 Å².